The third-order valence-electron chi connectivity index (χ3n) is 1.59. The first-order valence-electron chi connectivity index (χ1n) is 4.25. The number of halogens is 1. The molecule has 0 N–H and O–H groups in total. The molecule has 1 aromatic carbocycles. The zero-order valence-electron chi connectivity index (χ0n) is 7.92. The van der Waals surface area contributed by atoms with Crippen LogP contribution in [-0.2, 0) is 0 Å². The van der Waals surface area contributed by atoms with Gasteiger partial charge in [0.15, 0.2) is 0 Å². The molecule has 0 amide bonds. The van der Waals surface area contributed by atoms with E-state index in [0.717, 1.165) is 5.02 Å². The normalized spacial score (nSPS) is 10.4. The molecule has 0 aliphatic heterocycles. The Morgan fingerprint density at radius 1 is 1.15 bits per heavy atom. The standard InChI is InChI=1S/C12H13Cl/c1-10(2)4-3-5-11-6-8-12(13)9-7-11/h3-9H,1-2H3/b5-3-. The number of rotatable bonds is 2. The molecule has 0 atom stereocenters. The number of benzene rings is 1. The lowest BCUT2D eigenvalue weighted by atomic mass is 10.2. The van der Waals surface area contributed by atoms with Crippen molar-refractivity contribution in [2.45, 2.75) is 13.8 Å². The Bertz CT molecular complexity index is 313. The first-order chi connectivity index (χ1) is 6.18. The fraction of sp³-hybridized carbons (Fsp3) is 0.167. The Morgan fingerprint density at radius 3 is 2.31 bits per heavy atom. The van der Waals surface area contributed by atoms with E-state index in [4.69, 9.17) is 11.6 Å². The lowest BCUT2D eigenvalue weighted by Crippen LogP contribution is -1.69. The Hall–Kier alpha value is -1.01. The van der Waals surface area contributed by atoms with Crippen LogP contribution in [0, 0.1) is 0 Å². The minimum absolute atomic E-state index is 0.777. The quantitative estimate of drug-likeness (QED) is 0.613. The molecule has 1 heteroatoms. The first kappa shape index (κ1) is 10.1. The molecule has 0 fully saturated rings. The van der Waals surface area contributed by atoms with Gasteiger partial charge >= 0.3 is 0 Å². The van der Waals surface area contributed by atoms with E-state index in [1.54, 1.807) is 0 Å². The van der Waals surface area contributed by atoms with Crippen LogP contribution in [0.15, 0.2) is 42.0 Å². The molecule has 0 saturated heterocycles. The van der Waals surface area contributed by atoms with Crippen LogP contribution >= 0.6 is 11.6 Å². The fourth-order valence-corrected chi connectivity index (χ4v) is 1.05. The monoisotopic (exact) mass is 192 g/mol. The van der Waals surface area contributed by atoms with Gasteiger partial charge in [-0.1, -0.05) is 47.5 Å². The van der Waals surface area contributed by atoms with E-state index >= 15 is 0 Å². The molecule has 0 saturated carbocycles. The van der Waals surface area contributed by atoms with Crippen molar-refractivity contribution in [3.63, 3.8) is 0 Å². The smallest absolute Gasteiger partial charge is 0.0406 e. The highest BCUT2D eigenvalue weighted by molar-refractivity contribution is 6.30. The molecule has 0 heterocycles. The van der Waals surface area contributed by atoms with Crippen molar-refractivity contribution < 1.29 is 0 Å². The lowest BCUT2D eigenvalue weighted by molar-refractivity contribution is 1.40. The molecule has 0 unspecified atom stereocenters. The number of hydrogen-bond acceptors (Lipinski definition) is 0. The maximum absolute atomic E-state index is 5.76. The predicted molar refractivity (Wildman–Crippen MR) is 59.9 cm³/mol. The van der Waals surface area contributed by atoms with Crippen molar-refractivity contribution in [3.05, 3.63) is 52.6 Å². The summed E-state index contributed by atoms with van der Waals surface area (Å²) in [6.45, 7) is 4.15. The van der Waals surface area contributed by atoms with Crippen LogP contribution in [0.5, 0.6) is 0 Å². The Kier molecular flexibility index (Phi) is 3.78. The van der Waals surface area contributed by atoms with Gasteiger partial charge in [-0.25, -0.2) is 0 Å². The van der Waals surface area contributed by atoms with Gasteiger partial charge in [-0.3, -0.25) is 0 Å². The molecular formula is C12H13Cl. The van der Waals surface area contributed by atoms with E-state index in [2.05, 4.69) is 26.0 Å². The van der Waals surface area contributed by atoms with Crippen LogP contribution in [0.4, 0.5) is 0 Å². The summed E-state index contributed by atoms with van der Waals surface area (Å²) >= 11 is 5.76. The highest BCUT2D eigenvalue weighted by Gasteiger charge is 1.85. The number of allylic oxidation sites excluding steroid dienone is 3. The Labute approximate surface area is 84.5 Å². The maximum Gasteiger partial charge on any atom is 0.0406 e. The Balaban J connectivity index is 2.70. The van der Waals surface area contributed by atoms with E-state index < -0.39 is 0 Å². The summed E-state index contributed by atoms with van der Waals surface area (Å²) in [5, 5.41) is 0.777. The minimum atomic E-state index is 0.777. The highest BCUT2D eigenvalue weighted by atomic mass is 35.5. The van der Waals surface area contributed by atoms with Crippen LogP contribution in [0.2, 0.25) is 5.02 Å². The van der Waals surface area contributed by atoms with E-state index in [-0.39, 0.29) is 0 Å². The molecule has 0 radical (unpaired) electrons. The summed E-state index contributed by atoms with van der Waals surface area (Å²) in [7, 11) is 0. The van der Waals surface area contributed by atoms with Crippen LogP contribution in [0.3, 0.4) is 0 Å². The van der Waals surface area contributed by atoms with Gasteiger partial charge in [0.1, 0.15) is 0 Å². The lowest BCUT2D eigenvalue weighted by Gasteiger charge is -1.92. The van der Waals surface area contributed by atoms with Crippen molar-refractivity contribution in [1.29, 1.82) is 0 Å². The van der Waals surface area contributed by atoms with Gasteiger partial charge in [0.05, 0.1) is 0 Å². The van der Waals surface area contributed by atoms with Gasteiger partial charge in [0, 0.05) is 5.02 Å². The average molecular weight is 193 g/mol. The molecule has 0 aliphatic carbocycles. The zero-order chi connectivity index (χ0) is 9.68. The molecule has 0 bridgehead atoms. The van der Waals surface area contributed by atoms with Gasteiger partial charge in [-0.05, 0) is 31.5 Å². The minimum Gasteiger partial charge on any atom is -0.0843 e. The van der Waals surface area contributed by atoms with Crippen molar-refractivity contribution in [2.24, 2.45) is 0 Å². The summed E-state index contributed by atoms with van der Waals surface area (Å²) in [5.74, 6) is 0. The van der Waals surface area contributed by atoms with E-state index in [0.29, 0.717) is 0 Å². The van der Waals surface area contributed by atoms with Crippen LogP contribution in [0.1, 0.15) is 19.4 Å². The molecule has 0 nitrogen and oxygen atoms in total. The number of hydrogen-bond donors (Lipinski definition) is 0. The second-order valence-electron chi connectivity index (χ2n) is 3.15. The average Bonchev–Trinajstić information content (AvgIpc) is 2.08. The summed E-state index contributed by atoms with van der Waals surface area (Å²) < 4.78 is 0. The molecule has 0 aromatic heterocycles. The van der Waals surface area contributed by atoms with Crippen LogP contribution in [0.25, 0.3) is 6.08 Å². The summed E-state index contributed by atoms with van der Waals surface area (Å²) in [6.07, 6.45) is 6.18. The molecule has 1 aromatic rings. The first-order valence-corrected chi connectivity index (χ1v) is 4.63. The van der Waals surface area contributed by atoms with Gasteiger partial charge in [0.2, 0.25) is 0 Å². The van der Waals surface area contributed by atoms with Gasteiger partial charge in [-0.15, -0.1) is 0 Å². The van der Waals surface area contributed by atoms with Gasteiger partial charge in [0.25, 0.3) is 0 Å². The van der Waals surface area contributed by atoms with E-state index in [1.807, 2.05) is 30.3 Å². The molecule has 1 rings (SSSR count). The SMILES string of the molecule is CC(C)=C/C=C\c1ccc(Cl)cc1. The molecule has 0 spiro atoms. The van der Waals surface area contributed by atoms with Crippen molar-refractivity contribution in [3.8, 4) is 0 Å². The van der Waals surface area contributed by atoms with E-state index in [9.17, 15) is 0 Å². The van der Waals surface area contributed by atoms with Crippen LogP contribution in [-0.4, -0.2) is 0 Å². The Morgan fingerprint density at radius 2 is 1.77 bits per heavy atom. The van der Waals surface area contributed by atoms with Crippen LogP contribution < -0.4 is 0 Å². The topological polar surface area (TPSA) is 0 Å². The third-order valence-corrected chi connectivity index (χ3v) is 1.84. The maximum atomic E-state index is 5.76. The second kappa shape index (κ2) is 4.88. The van der Waals surface area contributed by atoms with Crippen molar-refractivity contribution in [1.82, 2.24) is 0 Å². The molecular weight excluding hydrogens is 180 g/mol. The van der Waals surface area contributed by atoms with Gasteiger partial charge in [-0.2, -0.15) is 0 Å². The predicted octanol–water partition coefficient (Wildman–Crippen LogP) is 4.32. The molecule has 68 valence electrons. The third kappa shape index (κ3) is 3.95. The van der Waals surface area contributed by atoms with Crippen molar-refractivity contribution >= 4 is 17.7 Å². The largest absolute Gasteiger partial charge is 0.0843 e. The highest BCUT2D eigenvalue weighted by Crippen LogP contribution is 2.10. The summed E-state index contributed by atoms with van der Waals surface area (Å²) in [5.41, 5.74) is 2.46. The molecule has 0 aliphatic rings. The fourth-order valence-electron chi connectivity index (χ4n) is 0.926. The van der Waals surface area contributed by atoms with E-state index in [1.165, 1.54) is 11.1 Å². The summed E-state index contributed by atoms with van der Waals surface area (Å²) in [6, 6.07) is 7.78. The molecule has 13 heavy (non-hydrogen) atoms. The van der Waals surface area contributed by atoms with Crippen molar-refractivity contribution in [2.75, 3.05) is 0 Å². The second-order valence-corrected chi connectivity index (χ2v) is 3.59. The van der Waals surface area contributed by atoms with Gasteiger partial charge < -0.3 is 0 Å². The zero-order valence-corrected chi connectivity index (χ0v) is 8.68. The summed E-state index contributed by atoms with van der Waals surface area (Å²) in [4.78, 5) is 0.